The van der Waals surface area contributed by atoms with Crippen LogP contribution in [0, 0.1) is 0 Å². The standard InChI is InChI=1S/C33H37N3O7/c1-33(2,3)43-31(39)34-18-10-17-28(29(37)35-22-12-9-11-21(19-22)30(38)41-4)36-32(40)42-20-27-25-15-7-5-13-23(25)24-14-6-8-16-26(24)27/h5-9,11-16,19,27-28H,10,17-18,20H2,1-4H3,(H,34,39)(H,35,37)(H,36,40)/t28-/m1/s1. The Balaban J connectivity index is 1.41. The lowest BCUT2D eigenvalue weighted by atomic mass is 9.98. The van der Waals surface area contributed by atoms with E-state index in [0.717, 1.165) is 22.3 Å². The number of rotatable bonds is 10. The maximum atomic E-state index is 13.3. The van der Waals surface area contributed by atoms with Gasteiger partial charge in [0.2, 0.25) is 5.91 Å². The van der Waals surface area contributed by atoms with Crippen molar-refractivity contribution in [2.45, 2.75) is 51.2 Å². The van der Waals surface area contributed by atoms with Gasteiger partial charge in [-0.05, 0) is 74.1 Å². The Bertz CT molecular complexity index is 1440. The van der Waals surface area contributed by atoms with Crippen molar-refractivity contribution in [3.8, 4) is 11.1 Å². The van der Waals surface area contributed by atoms with E-state index in [1.165, 1.54) is 13.2 Å². The summed E-state index contributed by atoms with van der Waals surface area (Å²) < 4.78 is 15.7. The number of amides is 3. The van der Waals surface area contributed by atoms with Gasteiger partial charge >= 0.3 is 18.2 Å². The molecule has 1 atom stereocenters. The van der Waals surface area contributed by atoms with E-state index in [1.807, 2.05) is 36.4 Å². The molecule has 0 heterocycles. The van der Waals surface area contributed by atoms with E-state index in [4.69, 9.17) is 14.2 Å². The van der Waals surface area contributed by atoms with Crippen LogP contribution in [0.15, 0.2) is 72.8 Å². The summed E-state index contributed by atoms with van der Waals surface area (Å²) in [7, 11) is 1.27. The number of nitrogens with one attached hydrogen (secondary N) is 3. The quantitative estimate of drug-likeness (QED) is 0.159. The van der Waals surface area contributed by atoms with E-state index < -0.39 is 35.7 Å². The molecule has 0 saturated carbocycles. The first-order valence-corrected chi connectivity index (χ1v) is 14.1. The van der Waals surface area contributed by atoms with Crippen LogP contribution in [0.4, 0.5) is 15.3 Å². The fraction of sp³-hybridized carbons (Fsp3) is 0.333. The third-order valence-corrected chi connectivity index (χ3v) is 6.84. The van der Waals surface area contributed by atoms with Gasteiger partial charge in [-0.15, -0.1) is 0 Å². The summed E-state index contributed by atoms with van der Waals surface area (Å²) in [5.41, 5.74) is 4.35. The zero-order valence-corrected chi connectivity index (χ0v) is 24.8. The van der Waals surface area contributed by atoms with Crippen molar-refractivity contribution in [1.29, 1.82) is 0 Å². The van der Waals surface area contributed by atoms with E-state index in [2.05, 4.69) is 28.1 Å². The fourth-order valence-corrected chi connectivity index (χ4v) is 4.93. The highest BCUT2D eigenvalue weighted by atomic mass is 16.6. The van der Waals surface area contributed by atoms with Crippen LogP contribution in [0.3, 0.4) is 0 Å². The molecule has 3 aromatic carbocycles. The van der Waals surface area contributed by atoms with Gasteiger partial charge in [-0.2, -0.15) is 0 Å². The lowest BCUT2D eigenvalue weighted by molar-refractivity contribution is -0.118. The first-order valence-electron chi connectivity index (χ1n) is 14.1. The average molecular weight is 588 g/mol. The number of methoxy groups -OCH3 is 1. The summed E-state index contributed by atoms with van der Waals surface area (Å²) in [6.45, 7) is 5.61. The number of hydrogen-bond donors (Lipinski definition) is 3. The van der Waals surface area contributed by atoms with Gasteiger partial charge in [-0.25, -0.2) is 14.4 Å². The second-order valence-corrected chi connectivity index (χ2v) is 11.2. The molecule has 10 nitrogen and oxygen atoms in total. The van der Waals surface area contributed by atoms with Gasteiger partial charge in [0.05, 0.1) is 12.7 Å². The topological polar surface area (TPSA) is 132 Å². The monoisotopic (exact) mass is 587 g/mol. The van der Waals surface area contributed by atoms with E-state index in [0.29, 0.717) is 12.1 Å². The smallest absolute Gasteiger partial charge is 0.407 e. The maximum Gasteiger partial charge on any atom is 0.407 e. The first-order chi connectivity index (χ1) is 20.6. The molecule has 3 N–H and O–H groups in total. The Morgan fingerprint density at radius 2 is 1.51 bits per heavy atom. The summed E-state index contributed by atoms with van der Waals surface area (Å²) in [4.78, 5) is 50.2. The highest BCUT2D eigenvalue weighted by Gasteiger charge is 2.30. The molecule has 0 spiro atoms. The number of ether oxygens (including phenoxy) is 3. The lowest BCUT2D eigenvalue weighted by Gasteiger charge is -2.21. The zero-order chi connectivity index (χ0) is 31.0. The summed E-state index contributed by atoms with van der Waals surface area (Å²) in [5.74, 6) is -1.19. The molecule has 3 amide bonds. The van der Waals surface area contributed by atoms with Gasteiger partial charge in [-0.1, -0.05) is 54.6 Å². The van der Waals surface area contributed by atoms with Crippen molar-refractivity contribution in [2.24, 2.45) is 0 Å². The Kier molecular flexibility index (Phi) is 10.0. The van der Waals surface area contributed by atoms with Gasteiger partial charge in [0.1, 0.15) is 18.2 Å². The molecule has 0 aliphatic heterocycles. The summed E-state index contributed by atoms with van der Waals surface area (Å²) >= 11 is 0. The van der Waals surface area contributed by atoms with Crippen molar-refractivity contribution >= 4 is 29.8 Å². The number of carbonyl (C=O) groups is 4. The number of carbonyl (C=O) groups excluding carboxylic acids is 4. The van der Waals surface area contributed by atoms with Crippen molar-refractivity contribution in [3.63, 3.8) is 0 Å². The van der Waals surface area contributed by atoms with Gasteiger partial charge in [0, 0.05) is 18.2 Å². The molecule has 1 aliphatic rings. The van der Waals surface area contributed by atoms with E-state index in [9.17, 15) is 19.2 Å². The largest absolute Gasteiger partial charge is 0.465 e. The minimum absolute atomic E-state index is 0.0928. The third kappa shape index (κ3) is 8.34. The molecular formula is C33H37N3O7. The molecule has 0 aromatic heterocycles. The molecule has 4 rings (SSSR count). The molecule has 10 heteroatoms. The molecular weight excluding hydrogens is 550 g/mol. The van der Waals surface area contributed by atoms with Gasteiger partial charge in [0.25, 0.3) is 0 Å². The number of esters is 1. The normalized spacial score (nSPS) is 12.7. The summed E-state index contributed by atoms with van der Waals surface area (Å²) in [5, 5.41) is 8.07. The molecule has 3 aromatic rings. The van der Waals surface area contributed by atoms with Crippen LogP contribution >= 0.6 is 0 Å². The Hall–Kier alpha value is -4.86. The Morgan fingerprint density at radius 3 is 2.14 bits per heavy atom. The second kappa shape index (κ2) is 13.9. The summed E-state index contributed by atoms with van der Waals surface area (Å²) in [6, 6.07) is 21.3. The van der Waals surface area contributed by atoms with E-state index in [-0.39, 0.29) is 31.1 Å². The van der Waals surface area contributed by atoms with Gasteiger partial charge < -0.3 is 30.2 Å². The zero-order valence-electron chi connectivity index (χ0n) is 24.8. The number of anilines is 1. The molecule has 226 valence electrons. The van der Waals surface area contributed by atoms with Crippen LogP contribution in [0.2, 0.25) is 0 Å². The Morgan fingerprint density at radius 1 is 0.860 bits per heavy atom. The number of hydrogen-bond acceptors (Lipinski definition) is 7. The number of benzene rings is 3. The fourth-order valence-electron chi connectivity index (χ4n) is 4.93. The van der Waals surface area contributed by atoms with Gasteiger partial charge in [0.15, 0.2) is 0 Å². The minimum atomic E-state index is -0.988. The van der Waals surface area contributed by atoms with E-state index in [1.54, 1.807) is 39.0 Å². The van der Waals surface area contributed by atoms with Crippen molar-refractivity contribution in [2.75, 3.05) is 25.6 Å². The first kappa shape index (κ1) is 31.1. The van der Waals surface area contributed by atoms with Crippen molar-refractivity contribution < 1.29 is 33.4 Å². The maximum absolute atomic E-state index is 13.3. The molecule has 43 heavy (non-hydrogen) atoms. The van der Waals surface area contributed by atoms with Crippen LogP contribution in [0.1, 0.15) is 61.0 Å². The highest BCUT2D eigenvalue weighted by molar-refractivity contribution is 5.98. The number of alkyl carbamates (subject to hydrolysis) is 2. The van der Waals surface area contributed by atoms with Crippen LogP contribution in [-0.4, -0.2) is 56.0 Å². The predicted molar refractivity (Wildman–Crippen MR) is 162 cm³/mol. The summed E-state index contributed by atoms with van der Waals surface area (Å²) in [6.07, 6.45) is -0.755. The molecule has 0 fully saturated rings. The lowest BCUT2D eigenvalue weighted by Crippen LogP contribution is -2.44. The molecule has 0 bridgehead atoms. The van der Waals surface area contributed by atoms with Crippen LogP contribution in [0.25, 0.3) is 11.1 Å². The molecule has 0 unspecified atom stereocenters. The highest BCUT2D eigenvalue weighted by Crippen LogP contribution is 2.44. The van der Waals surface area contributed by atoms with E-state index >= 15 is 0 Å². The van der Waals surface area contributed by atoms with Crippen LogP contribution < -0.4 is 16.0 Å². The van der Waals surface area contributed by atoms with Crippen LogP contribution in [-0.2, 0) is 19.0 Å². The average Bonchev–Trinajstić information content (AvgIpc) is 3.30. The van der Waals surface area contributed by atoms with Gasteiger partial charge in [-0.3, -0.25) is 4.79 Å². The van der Waals surface area contributed by atoms with Crippen molar-refractivity contribution in [1.82, 2.24) is 10.6 Å². The number of fused-ring (bicyclic) bond motifs is 3. The Labute approximate surface area is 251 Å². The molecule has 0 saturated heterocycles. The molecule has 1 aliphatic carbocycles. The van der Waals surface area contributed by atoms with Crippen molar-refractivity contribution in [3.05, 3.63) is 89.5 Å². The van der Waals surface area contributed by atoms with Crippen LogP contribution in [0.5, 0.6) is 0 Å². The SMILES string of the molecule is COC(=O)c1cccc(NC(=O)[C@@H](CCCNC(=O)OC(C)(C)C)NC(=O)OCC2c3ccccc3-c3ccccc32)c1. The molecule has 0 radical (unpaired) electrons. The second-order valence-electron chi connectivity index (χ2n) is 11.2. The predicted octanol–water partition coefficient (Wildman–Crippen LogP) is 5.62. The minimum Gasteiger partial charge on any atom is -0.465 e. The third-order valence-electron chi connectivity index (χ3n) is 6.84.